The van der Waals surface area contributed by atoms with Gasteiger partial charge in [-0.1, -0.05) is 46.3 Å². The molecule has 0 spiro atoms. The number of nitrogens with zero attached hydrogens (tertiary/aromatic N) is 2. The number of amides is 1. The molecule has 2 aliphatic heterocycles. The van der Waals surface area contributed by atoms with Crippen LogP contribution in [0.3, 0.4) is 0 Å². The first-order valence-electron chi connectivity index (χ1n) is 8.56. The minimum Gasteiger partial charge on any atom is -0.337 e. The monoisotopic (exact) mass is 384 g/mol. The fourth-order valence-corrected chi connectivity index (χ4v) is 4.26. The molecule has 2 aromatic carbocycles. The maximum atomic E-state index is 12.7. The molecule has 0 radical (unpaired) electrons. The molecule has 0 unspecified atom stereocenters. The summed E-state index contributed by atoms with van der Waals surface area (Å²) >= 11 is 3.45. The van der Waals surface area contributed by atoms with Gasteiger partial charge in [-0.05, 0) is 42.2 Å². The molecule has 0 aliphatic carbocycles. The summed E-state index contributed by atoms with van der Waals surface area (Å²) in [6.45, 7) is 3.81. The van der Waals surface area contributed by atoms with Crippen LogP contribution in [0, 0.1) is 0 Å². The number of hydrogen-bond acceptors (Lipinski definition) is 2. The van der Waals surface area contributed by atoms with Crippen LogP contribution in [0.1, 0.15) is 27.9 Å². The molecule has 124 valence electrons. The standard InChI is InChI=1S/C20H21BrN2O/c21-18-7-3-6-16(12-18)20(24)23-11-9-19(14-23)22-10-8-15-4-1-2-5-17(15)13-22/h1-7,12,19H,8-11,13-14H2/t19-/m1/s1. The van der Waals surface area contributed by atoms with E-state index in [1.807, 2.05) is 29.2 Å². The topological polar surface area (TPSA) is 23.6 Å². The maximum absolute atomic E-state index is 12.7. The number of carbonyl (C=O) groups excluding carboxylic acids is 1. The zero-order valence-electron chi connectivity index (χ0n) is 13.6. The first-order valence-corrected chi connectivity index (χ1v) is 9.36. The van der Waals surface area contributed by atoms with Gasteiger partial charge >= 0.3 is 0 Å². The van der Waals surface area contributed by atoms with Crippen LogP contribution >= 0.6 is 15.9 Å². The zero-order chi connectivity index (χ0) is 16.5. The van der Waals surface area contributed by atoms with Crippen LogP contribution in [0.2, 0.25) is 0 Å². The average Bonchev–Trinajstić information content (AvgIpc) is 3.11. The van der Waals surface area contributed by atoms with E-state index >= 15 is 0 Å². The Balaban J connectivity index is 1.43. The highest BCUT2D eigenvalue weighted by molar-refractivity contribution is 9.10. The lowest BCUT2D eigenvalue weighted by Crippen LogP contribution is -2.41. The number of benzene rings is 2. The van der Waals surface area contributed by atoms with Gasteiger partial charge < -0.3 is 4.90 Å². The molecule has 2 aromatic rings. The van der Waals surface area contributed by atoms with Crippen molar-refractivity contribution in [3.8, 4) is 0 Å². The highest BCUT2D eigenvalue weighted by atomic mass is 79.9. The minimum absolute atomic E-state index is 0.149. The predicted molar refractivity (Wildman–Crippen MR) is 99.0 cm³/mol. The van der Waals surface area contributed by atoms with Gasteiger partial charge in [-0.2, -0.15) is 0 Å². The second-order valence-electron chi connectivity index (χ2n) is 6.69. The van der Waals surface area contributed by atoms with Crippen molar-refractivity contribution in [1.82, 2.24) is 9.80 Å². The van der Waals surface area contributed by atoms with Crippen LogP contribution in [-0.2, 0) is 13.0 Å². The van der Waals surface area contributed by atoms with Crippen molar-refractivity contribution in [3.05, 3.63) is 69.7 Å². The molecule has 0 N–H and O–H groups in total. The Morgan fingerprint density at radius 1 is 1.04 bits per heavy atom. The summed E-state index contributed by atoms with van der Waals surface area (Å²) in [5, 5.41) is 0. The van der Waals surface area contributed by atoms with Gasteiger partial charge in [-0.25, -0.2) is 0 Å². The molecule has 1 fully saturated rings. The third kappa shape index (κ3) is 3.13. The number of halogens is 1. The Bertz CT molecular complexity index is 761. The summed E-state index contributed by atoms with van der Waals surface area (Å²) < 4.78 is 0.955. The van der Waals surface area contributed by atoms with E-state index in [9.17, 15) is 4.79 Å². The molecule has 2 aliphatic rings. The molecule has 2 heterocycles. The van der Waals surface area contributed by atoms with Gasteiger partial charge in [0.1, 0.15) is 0 Å². The van der Waals surface area contributed by atoms with E-state index in [1.54, 1.807) is 0 Å². The Hall–Kier alpha value is -1.65. The lowest BCUT2D eigenvalue weighted by molar-refractivity contribution is 0.0773. The van der Waals surface area contributed by atoms with E-state index in [4.69, 9.17) is 0 Å². The van der Waals surface area contributed by atoms with E-state index in [0.717, 1.165) is 49.1 Å². The van der Waals surface area contributed by atoms with E-state index in [2.05, 4.69) is 45.1 Å². The van der Waals surface area contributed by atoms with Gasteiger partial charge in [-0.3, -0.25) is 9.69 Å². The number of likely N-dealkylation sites (tertiary alicyclic amines) is 1. The van der Waals surface area contributed by atoms with Crippen molar-refractivity contribution in [3.63, 3.8) is 0 Å². The largest absolute Gasteiger partial charge is 0.337 e. The fourth-order valence-electron chi connectivity index (χ4n) is 3.86. The SMILES string of the molecule is O=C(c1cccc(Br)c1)N1CC[C@@H](N2CCc3ccccc3C2)C1. The van der Waals surface area contributed by atoms with E-state index in [0.29, 0.717) is 6.04 Å². The third-order valence-corrected chi connectivity index (χ3v) is 5.69. The fraction of sp³-hybridized carbons (Fsp3) is 0.350. The minimum atomic E-state index is 0.149. The van der Waals surface area contributed by atoms with Crippen LogP contribution in [0.25, 0.3) is 0 Å². The maximum Gasteiger partial charge on any atom is 0.253 e. The van der Waals surface area contributed by atoms with Crippen molar-refractivity contribution in [1.29, 1.82) is 0 Å². The molecule has 4 heteroatoms. The Morgan fingerprint density at radius 3 is 2.71 bits per heavy atom. The molecule has 0 saturated carbocycles. The number of hydrogen-bond donors (Lipinski definition) is 0. The highest BCUT2D eigenvalue weighted by Crippen LogP contribution is 2.25. The smallest absolute Gasteiger partial charge is 0.253 e. The third-order valence-electron chi connectivity index (χ3n) is 5.20. The van der Waals surface area contributed by atoms with Gasteiger partial charge in [0.25, 0.3) is 5.91 Å². The second-order valence-corrected chi connectivity index (χ2v) is 7.61. The number of fused-ring (bicyclic) bond motifs is 1. The van der Waals surface area contributed by atoms with E-state index in [1.165, 1.54) is 11.1 Å². The van der Waals surface area contributed by atoms with Crippen molar-refractivity contribution in [2.24, 2.45) is 0 Å². The first-order chi connectivity index (χ1) is 11.7. The number of carbonyl (C=O) groups is 1. The van der Waals surface area contributed by atoms with Crippen LogP contribution in [0.4, 0.5) is 0 Å². The normalized spacial score (nSPS) is 20.9. The van der Waals surface area contributed by atoms with Crippen LogP contribution in [-0.4, -0.2) is 41.4 Å². The quantitative estimate of drug-likeness (QED) is 0.787. The summed E-state index contributed by atoms with van der Waals surface area (Å²) in [5.41, 5.74) is 3.70. The van der Waals surface area contributed by atoms with Crippen LogP contribution in [0.15, 0.2) is 53.0 Å². The van der Waals surface area contributed by atoms with Crippen molar-refractivity contribution >= 4 is 21.8 Å². The molecule has 24 heavy (non-hydrogen) atoms. The van der Waals surface area contributed by atoms with E-state index < -0.39 is 0 Å². The van der Waals surface area contributed by atoms with Crippen molar-refractivity contribution < 1.29 is 4.79 Å². The summed E-state index contributed by atoms with van der Waals surface area (Å²) in [6.07, 6.45) is 2.19. The Kier molecular flexibility index (Phi) is 4.42. The van der Waals surface area contributed by atoms with Crippen LogP contribution in [0.5, 0.6) is 0 Å². The summed E-state index contributed by atoms with van der Waals surface area (Å²) in [7, 11) is 0. The highest BCUT2D eigenvalue weighted by Gasteiger charge is 2.32. The lowest BCUT2D eigenvalue weighted by Gasteiger charge is -2.33. The molecule has 4 rings (SSSR count). The molecular formula is C20H21BrN2O. The summed E-state index contributed by atoms with van der Waals surface area (Å²) in [6, 6.07) is 16.9. The van der Waals surface area contributed by atoms with Gasteiger partial charge in [0, 0.05) is 42.3 Å². The second kappa shape index (κ2) is 6.69. The Labute approximate surface area is 151 Å². The first kappa shape index (κ1) is 15.9. The van der Waals surface area contributed by atoms with Gasteiger partial charge in [0.05, 0.1) is 0 Å². The Morgan fingerprint density at radius 2 is 1.88 bits per heavy atom. The van der Waals surface area contributed by atoms with Gasteiger partial charge in [0.2, 0.25) is 0 Å². The molecule has 0 aromatic heterocycles. The molecule has 1 amide bonds. The predicted octanol–water partition coefficient (Wildman–Crippen LogP) is 3.72. The molecule has 1 atom stereocenters. The summed E-state index contributed by atoms with van der Waals surface area (Å²) in [5.74, 6) is 0.149. The number of rotatable bonds is 2. The van der Waals surface area contributed by atoms with E-state index in [-0.39, 0.29) is 5.91 Å². The van der Waals surface area contributed by atoms with Crippen LogP contribution < -0.4 is 0 Å². The molecular weight excluding hydrogens is 364 g/mol. The van der Waals surface area contributed by atoms with Gasteiger partial charge in [-0.15, -0.1) is 0 Å². The average molecular weight is 385 g/mol. The van der Waals surface area contributed by atoms with Crippen molar-refractivity contribution in [2.45, 2.75) is 25.4 Å². The van der Waals surface area contributed by atoms with Crippen molar-refractivity contribution in [2.75, 3.05) is 19.6 Å². The van der Waals surface area contributed by atoms with Gasteiger partial charge in [0.15, 0.2) is 0 Å². The summed E-state index contributed by atoms with van der Waals surface area (Å²) in [4.78, 5) is 17.3. The lowest BCUT2D eigenvalue weighted by atomic mass is 9.98. The molecule has 3 nitrogen and oxygen atoms in total. The molecule has 0 bridgehead atoms. The zero-order valence-corrected chi connectivity index (χ0v) is 15.2. The molecule has 1 saturated heterocycles.